The quantitative estimate of drug-likeness (QED) is 0.659. The Hall–Kier alpha value is -1.75. The van der Waals surface area contributed by atoms with Gasteiger partial charge in [0.2, 0.25) is 5.91 Å². The first kappa shape index (κ1) is 21.0. The lowest BCUT2D eigenvalue weighted by atomic mass is 9.95. The maximum absolute atomic E-state index is 12.4. The first-order valence-electron chi connectivity index (χ1n) is 9.65. The van der Waals surface area contributed by atoms with E-state index < -0.39 is 0 Å². The number of amides is 1. The van der Waals surface area contributed by atoms with Gasteiger partial charge in [-0.1, -0.05) is 47.0 Å². The molecule has 2 aromatic carbocycles. The summed E-state index contributed by atoms with van der Waals surface area (Å²) in [6, 6.07) is 13.7. The topological polar surface area (TPSA) is 41.6 Å². The van der Waals surface area contributed by atoms with Crippen LogP contribution in [0, 0.1) is 12.8 Å². The molecule has 0 radical (unpaired) electrons. The first-order valence-corrected chi connectivity index (χ1v) is 10.4. The highest BCUT2D eigenvalue weighted by molar-refractivity contribution is 6.42. The Balaban J connectivity index is 1.35. The summed E-state index contributed by atoms with van der Waals surface area (Å²) < 4.78 is 5.66. The number of hydrogen-bond donors (Lipinski definition) is 1. The fraction of sp³-hybridized carbons (Fsp3) is 0.409. The first-order chi connectivity index (χ1) is 13.5. The average Bonchev–Trinajstić information content (AvgIpc) is 2.70. The fourth-order valence-electron chi connectivity index (χ4n) is 3.37. The lowest BCUT2D eigenvalue weighted by Crippen LogP contribution is -2.41. The minimum atomic E-state index is 0.0735. The second-order valence-electron chi connectivity index (χ2n) is 7.25. The van der Waals surface area contributed by atoms with Crippen LogP contribution in [0.5, 0.6) is 5.75 Å². The molecule has 1 heterocycles. The van der Waals surface area contributed by atoms with Crippen LogP contribution in [0.15, 0.2) is 42.5 Å². The summed E-state index contributed by atoms with van der Waals surface area (Å²) in [5.74, 6) is 1.03. The minimum absolute atomic E-state index is 0.0735. The molecule has 6 heteroatoms. The van der Waals surface area contributed by atoms with E-state index in [0.29, 0.717) is 23.2 Å². The van der Waals surface area contributed by atoms with Gasteiger partial charge >= 0.3 is 0 Å². The molecule has 150 valence electrons. The van der Waals surface area contributed by atoms with Gasteiger partial charge in [-0.3, -0.25) is 9.69 Å². The van der Waals surface area contributed by atoms with Gasteiger partial charge in [-0.15, -0.1) is 0 Å². The molecule has 2 aromatic rings. The number of aryl methyl sites for hydroxylation is 1. The largest absolute Gasteiger partial charge is 0.492 e. The van der Waals surface area contributed by atoms with Crippen LogP contribution >= 0.6 is 23.2 Å². The van der Waals surface area contributed by atoms with E-state index in [4.69, 9.17) is 27.9 Å². The Labute approximate surface area is 176 Å². The molecule has 3 rings (SSSR count). The van der Waals surface area contributed by atoms with E-state index in [-0.39, 0.29) is 11.8 Å². The number of piperidine rings is 1. The van der Waals surface area contributed by atoms with Crippen molar-refractivity contribution in [1.29, 1.82) is 0 Å². The highest BCUT2D eigenvalue weighted by Crippen LogP contribution is 2.25. The molecular weight excluding hydrogens is 395 g/mol. The SMILES string of the molecule is Cc1ccc(OCCNC(=O)C2CCN(Cc3ccc(Cl)c(Cl)c3)CC2)cc1. The van der Waals surface area contributed by atoms with Gasteiger partial charge in [0.05, 0.1) is 16.6 Å². The predicted octanol–water partition coefficient (Wildman–Crippen LogP) is 4.71. The standard InChI is InChI=1S/C22H26Cl2N2O2/c1-16-2-5-19(6-3-16)28-13-10-25-22(27)18-8-11-26(12-9-18)15-17-4-7-20(23)21(24)14-17/h2-7,14,18H,8-13,15H2,1H3,(H,25,27). The van der Waals surface area contributed by atoms with Gasteiger partial charge in [0.25, 0.3) is 0 Å². The van der Waals surface area contributed by atoms with E-state index in [1.54, 1.807) is 0 Å². The summed E-state index contributed by atoms with van der Waals surface area (Å²) in [7, 11) is 0. The van der Waals surface area contributed by atoms with Crippen molar-refractivity contribution in [3.8, 4) is 5.75 Å². The van der Waals surface area contributed by atoms with Crippen LogP contribution < -0.4 is 10.1 Å². The van der Waals surface area contributed by atoms with E-state index in [1.165, 1.54) is 5.56 Å². The molecule has 0 spiro atoms. The van der Waals surface area contributed by atoms with Gasteiger partial charge in [-0.2, -0.15) is 0 Å². The smallest absolute Gasteiger partial charge is 0.223 e. The minimum Gasteiger partial charge on any atom is -0.492 e. The maximum Gasteiger partial charge on any atom is 0.223 e. The van der Waals surface area contributed by atoms with Crippen LogP contribution in [0.25, 0.3) is 0 Å². The number of halogens is 2. The van der Waals surface area contributed by atoms with Crippen LogP contribution in [0.3, 0.4) is 0 Å². The molecule has 28 heavy (non-hydrogen) atoms. The lowest BCUT2D eigenvalue weighted by Gasteiger charge is -2.31. The molecule has 1 fully saturated rings. The van der Waals surface area contributed by atoms with E-state index in [0.717, 1.165) is 43.8 Å². The highest BCUT2D eigenvalue weighted by Gasteiger charge is 2.24. The van der Waals surface area contributed by atoms with Gasteiger partial charge in [0.1, 0.15) is 12.4 Å². The second-order valence-corrected chi connectivity index (χ2v) is 8.07. The second kappa shape index (κ2) is 10.1. The molecule has 1 aliphatic rings. The number of benzene rings is 2. The number of ether oxygens (including phenoxy) is 1. The molecule has 0 aromatic heterocycles. The van der Waals surface area contributed by atoms with Crippen LogP contribution in [0.4, 0.5) is 0 Å². The number of likely N-dealkylation sites (tertiary alicyclic amines) is 1. The van der Waals surface area contributed by atoms with Crippen LogP contribution in [-0.2, 0) is 11.3 Å². The predicted molar refractivity (Wildman–Crippen MR) is 114 cm³/mol. The Bertz CT molecular complexity index is 788. The zero-order valence-electron chi connectivity index (χ0n) is 16.1. The zero-order valence-corrected chi connectivity index (χ0v) is 17.6. The summed E-state index contributed by atoms with van der Waals surface area (Å²) in [5, 5.41) is 4.16. The molecule has 1 aliphatic heterocycles. The van der Waals surface area contributed by atoms with Crippen molar-refractivity contribution in [2.24, 2.45) is 5.92 Å². The van der Waals surface area contributed by atoms with Gasteiger partial charge in [0.15, 0.2) is 0 Å². The number of carbonyl (C=O) groups is 1. The molecule has 4 nitrogen and oxygen atoms in total. The summed E-state index contributed by atoms with van der Waals surface area (Å²) in [5.41, 5.74) is 2.34. The van der Waals surface area contributed by atoms with Crippen molar-refractivity contribution >= 4 is 29.1 Å². The lowest BCUT2D eigenvalue weighted by molar-refractivity contribution is -0.126. The Morgan fingerprint density at radius 3 is 2.50 bits per heavy atom. The molecule has 0 bridgehead atoms. The fourth-order valence-corrected chi connectivity index (χ4v) is 3.69. The van der Waals surface area contributed by atoms with Gasteiger partial charge < -0.3 is 10.1 Å². The summed E-state index contributed by atoms with van der Waals surface area (Å²) >= 11 is 12.1. The molecule has 1 amide bonds. The van der Waals surface area contributed by atoms with Crippen molar-refractivity contribution < 1.29 is 9.53 Å². The van der Waals surface area contributed by atoms with Gasteiger partial charge in [-0.05, 0) is 62.7 Å². The molecular formula is C22H26Cl2N2O2. The number of rotatable bonds is 7. The Kier molecular flexibility index (Phi) is 7.60. The summed E-state index contributed by atoms with van der Waals surface area (Å²) in [6.45, 7) is 5.67. The summed E-state index contributed by atoms with van der Waals surface area (Å²) in [6.07, 6.45) is 1.73. The Morgan fingerprint density at radius 1 is 1.11 bits per heavy atom. The molecule has 0 atom stereocenters. The van der Waals surface area contributed by atoms with Crippen molar-refractivity contribution in [3.63, 3.8) is 0 Å². The molecule has 0 unspecified atom stereocenters. The number of nitrogens with zero attached hydrogens (tertiary/aromatic N) is 1. The molecule has 0 aliphatic carbocycles. The molecule has 0 saturated carbocycles. The highest BCUT2D eigenvalue weighted by atomic mass is 35.5. The van der Waals surface area contributed by atoms with E-state index >= 15 is 0 Å². The van der Waals surface area contributed by atoms with Crippen molar-refractivity contribution in [2.45, 2.75) is 26.3 Å². The third-order valence-corrected chi connectivity index (χ3v) is 5.78. The molecule has 1 saturated heterocycles. The van der Waals surface area contributed by atoms with E-state index in [2.05, 4.69) is 10.2 Å². The average molecular weight is 421 g/mol. The maximum atomic E-state index is 12.4. The van der Waals surface area contributed by atoms with Gasteiger partial charge in [-0.25, -0.2) is 0 Å². The summed E-state index contributed by atoms with van der Waals surface area (Å²) in [4.78, 5) is 14.7. The number of hydrogen-bond acceptors (Lipinski definition) is 3. The van der Waals surface area contributed by atoms with Crippen molar-refractivity contribution in [1.82, 2.24) is 10.2 Å². The van der Waals surface area contributed by atoms with Crippen LogP contribution in [-0.4, -0.2) is 37.0 Å². The van der Waals surface area contributed by atoms with Crippen LogP contribution in [0.1, 0.15) is 24.0 Å². The molecule has 1 N–H and O–H groups in total. The van der Waals surface area contributed by atoms with E-state index in [9.17, 15) is 4.79 Å². The monoisotopic (exact) mass is 420 g/mol. The van der Waals surface area contributed by atoms with Crippen molar-refractivity contribution in [2.75, 3.05) is 26.2 Å². The third kappa shape index (κ3) is 6.13. The van der Waals surface area contributed by atoms with E-state index in [1.807, 2.05) is 49.4 Å². The normalized spacial score (nSPS) is 15.4. The zero-order chi connectivity index (χ0) is 19.9. The van der Waals surface area contributed by atoms with Gasteiger partial charge in [0, 0.05) is 12.5 Å². The third-order valence-electron chi connectivity index (χ3n) is 5.04. The number of carbonyl (C=O) groups excluding carboxylic acids is 1. The van der Waals surface area contributed by atoms with Crippen LogP contribution in [0.2, 0.25) is 10.0 Å². The van der Waals surface area contributed by atoms with Crippen molar-refractivity contribution in [3.05, 3.63) is 63.6 Å². The number of nitrogens with one attached hydrogen (secondary N) is 1. The Morgan fingerprint density at radius 2 is 1.82 bits per heavy atom.